The molecule has 0 spiro atoms. The van der Waals surface area contributed by atoms with Gasteiger partial charge in [-0.1, -0.05) is 0 Å². The quantitative estimate of drug-likeness (QED) is 0.707. The Morgan fingerprint density at radius 3 is 2.61 bits per heavy atom. The van der Waals surface area contributed by atoms with Gasteiger partial charge in [0.15, 0.2) is 17.8 Å². The Morgan fingerprint density at radius 2 is 2.03 bits per heavy atom. The van der Waals surface area contributed by atoms with Crippen LogP contribution in [0.5, 0.6) is 0 Å². The fraction of sp³-hybridized carbons (Fsp3) is 0.278. The number of ether oxygens (including phenoxy) is 1. The molecule has 1 amide bonds. The number of anilines is 1. The Kier molecular flexibility index (Phi) is 5.49. The molecule has 3 heterocycles. The van der Waals surface area contributed by atoms with Crippen LogP contribution in [-0.4, -0.2) is 40.3 Å². The van der Waals surface area contributed by atoms with Crippen molar-refractivity contribution in [3.63, 3.8) is 0 Å². The maximum atomic E-state index is 14.8. The van der Waals surface area contributed by atoms with Crippen molar-refractivity contribution in [3.05, 3.63) is 53.2 Å². The maximum absolute atomic E-state index is 14.8. The number of hydrogen-bond donors (Lipinski definition) is 2. The monoisotopic (exact) mass is 440 g/mol. The van der Waals surface area contributed by atoms with Crippen LogP contribution in [0.15, 0.2) is 35.5 Å². The fourth-order valence-corrected chi connectivity index (χ4v) is 2.86. The number of amides is 1. The molecule has 0 saturated carbocycles. The van der Waals surface area contributed by atoms with Crippen LogP contribution >= 0.6 is 0 Å². The van der Waals surface area contributed by atoms with Gasteiger partial charge >= 0.3 is 6.18 Å². The maximum Gasteiger partial charge on any atom is 0.413 e. The zero-order valence-electron chi connectivity index (χ0n) is 15.6. The van der Waals surface area contributed by atoms with Gasteiger partial charge in [-0.15, -0.1) is 0 Å². The van der Waals surface area contributed by atoms with Crippen LogP contribution in [0.1, 0.15) is 28.7 Å². The standard InChI is InChI=1S/C18H13F5N6O2/c1-17(12(20)14(18(21,22)23)29-16(25)31-17)13-9(19)3-5-11(27-13)28-15(30)10-4-2-8(6-24)7-26-10/h2-5,7,12,14H,1H3,(H2,25,29)(H,27,28,30)/t12-,14+,17+/m1/s1. The van der Waals surface area contributed by atoms with Gasteiger partial charge in [-0.2, -0.15) is 18.4 Å². The molecule has 0 unspecified atom stereocenters. The van der Waals surface area contributed by atoms with Gasteiger partial charge in [0.05, 0.1) is 5.56 Å². The number of nitrogens with one attached hydrogen (secondary N) is 1. The van der Waals surface area contributed by atoms with Crippen LogP contribution in [0.3, 0.4) is 0 Å². The highest BCUT2D eigenvalue weighted by atomic mass is 19.4. The lowest BCUT2D eigenvalue weighted by Gasteiger charge is -2.39. The molecular formula is C18H13F5N6O2. The molecule has 13 heteroatoms. The molecule has 0 aliphatic carbocycles. The molecule has 8 nitrogen and oxygen atoms in total. The second-order valence-electron chi connectivity index (χ2n) is 6.59. The number of aliphatic imine (C=N–C) groups is 1. The molecule has 0 radical (unpaired) electrons. The summed E-state index contributed by atoms with van der Waals surface area (Å²) in [6.45, 7) is 0.844. The largest absolute Gasteiger partial charge is 0.449 e. The Bertz CT molecular complexity index is 1080. The normalized spacial score (nSPS) is 23.3. The molecule has 0 bridgehead atoms. The molecule has 1 aliphatic rings. The smallest absolute Gasteiger partial charge is 0.413 e. The summed E-state index contributed by atoms with van der Waals surface area (Å²) in [5, 5.41) is 11.0. The van der Waals surface area contributed by atoms with E-state index in [9.17, 15) is 26.7 Å². The summed E-state index contributed by atoms with van der Waals surface area (Å²) in [7, 11) is 0. The van der Waals surface area contributed by atoms with Crippen molar-refractivity contribution >= 4 is 17.7 Å². The molecule has 31 heavy (non-hydrogen) atoms. The van der Waals surface area contributed by atoms with Gasteiger partial charge in [0.1, 0.15) is 29.1 Å². The number of carbonyl (C=O) groups excluding carboxylic acids is 1. The van der Waals surface area contributed by atoms with Crippen LogP contribution in [0, 0.1) is 17.1 Å². The first kappa shape index (κ1) is 21.9. The van der Waals surface area contributed by atoms with E-state index in [1.54, 1.807) is 0 Å². The molecule has 2 aromatic heterocycles. The number of pyridine rings is 2. The molecule has 0 aromatic carbocycles. The van der Waals surface area contributed by atoms with Gasteiger partial charge in [-0.05, 0) is 31.2 Å². The molecule has 0 fully saturated rings. The van der Waals surface area contributed by atoms with Crippen LogP contribution in [0.4, 0.5) is 27.8 Å². The summed E-state index contributed by atoms with van der Waals surface area (Å²) >= 11 is 0. The number of nitrogens with two attached hydrogens (primary N) is 1. The van der Waals surface area contributed by atoms with Crippen molar-refractivity contribution in [2.75, 3.05) is 5.32 Å². The molecule has 3 N–H and O–H groups in total. The van der Waals surface area contributed by atoms with Gasteiger partial charge in [0.25, 0.3) is 11.9 Å². The van der Waals surface area contributed by atoms with E-state index >= 15 is 0 Å². The highest BCUT2D eigenvalue weighted by molar-refractivity contribution is 6.02. The first-order chi connectivity index (χ1) is 14.5. The SMILES string of the molecule is C[C@]1(c2nc(NC(=O)c3ccc(C#N)cn3)ccc2F)OC(N)=N[C@H](C(F)(F)F)[C@H]1F. The van der Waals surface area contributed by atoms with E-state index in [1.807, 2.05) is 6.07 Å². The van der Waals surface area contributed by atoms with Crippen molar-refractivity contribution in [1.82, 2.24) is 9.97 Å². The van der Waals surface area contributed by atoms with E-state index in [4.69, 9.17) is 15.7 Å². The summed E-state index contributed by atoms with van der Waals surface area (Å²) in [6.07, 6.45) is -6.85. The number of nitrogens with zero attached hydrogens (tertiary/aromatic N) is 4. The third-order valence-corrected chi connectivity index (χ3v) is 4.40. The summed E-state index contributed by atoms with van der Waals surface area (Å²) in [5.41, 5.74) is 1.93. The predicted molar refractivity (Wildman–Crippen MR) is 95.9 cm³/mol. The predicted octanol–water partition coefficient (Wildman–Crippen LogP) is 2.57. The number of alkyl halides is 4. The summed E-state index contributed by atoms with van der Waals surface area (Å²) < 4.78 is 73.7. The van der Waals surface area contributed by atoms with Crippen molar-refractivity contribution in [1.29, 1.82) is 5.26 Å². The number of hydrogen-bond acceptors (Lipinski definition) is 7. The summed E-state index contributed by atoms with van der Waals surface area (Å²) in [5.74, 6) is -2.31. The first-order valence-electron chi connectivity index (χ1n) is 8.53. The number of halogens is 5. The third-order valence-electron chi connectivity index (χ3n) is 4.40. The Labute approximate surface area is 171 Å². The molecule has 162 valence electrons. The van der Waals surface area contributed by atoms with E-state index in [1.165, 1.54) is 12.1 Å². The van der Waals surface area contributed by atoms with Crippen molar-refractivity contribution < 1.29 is 31.5 Å². The van der Waals surface area contributed by atoms with Crippen LogP contribution < -0.4 is 11.1 Å². The average molecular weight is 440 g/mol. The van der Waals surface area contributed by atoms with E-state index in [0.717, 1.165) is 25.3 Å². The van der Waals surface area contributed by atoms with E-state index in [-0.39, 0.29) is 17.1 Å². The molecular weight excluding hydrogens is 427 g/mol. The number of amidine groups is 1. The van der Waals surface area contributed by atoms with E-state index in [2.05, 4.69) is 20.3 Å². The lowest BCUT2D eigenvalue weighted by atomic mass is 9.89. The third kappa shape index (κ3) is 4.23. The van der Waals surface area contributed by atoms with Crippen molar-refractivity contribution in [3.8, 4) is 6.07 Å². The van der Waals surface area contributed by atoms with E-state index < -0.39 is 47.4 Å². The fourth-order valence-electron chi connectivity index (χ4n) is 2.86. The van der Waals surface area contributed by atoms with Crippen LogP contribution in [0.2, 0.25) is 0 Å². The molecule has 3 atom stereocenters. The highest BCUT2D eigenvalue weighted by Gasteiger charge is 2.58. The van der Waals surface area contributed by atoms with Crippen molar-refractivity contribution in [2.24, 2.45) is 10.7 Å². The zero-order valence-corrected chi connectivity index (χ0v) is 15.6. The number of nitriles is 1. The zero-order chi connectivity index (χ0) is 23.0. The minimum absolute atomic E-state index is 0.122. The van der Waals surface area contributed by atoms with Gasteiger partial charge in [-0.3, -0.25) is 4.79 Å². The van der Waals surface area contributed by atoms with E-state index in [0.29, 0.717) is 0 Å². The topological polar surface area (TPSA) is 126 Å². The van der Waals surface area contributed by atoms with Gasteiger partial charge < -0.3 is 15.8 Å². The molecule has 2 aromatic rings. The van der Waals surface area contributed by atoms with Gasteiger partial charge in [0, 0.05) is 6.20 Å². The van der Waals surface area contributed by atoms with Gasteiger partial charge in [-0.25, -0.2) is 23.7 Å². The molecule has 1 aliphatic heterocycles. The average Bonchev–Trinajstić information content (AvgIpc) is 2.71. The highest BCUT2D eigenvalue weighted by Crippen LogP contribution is 2.42. The lowest BCUT2D eigenvalue weighted by Crippen LogP contribution is -2.55. The van der Waals surface area contributed by atoms with Gasteiger partial charge in [0.2, 0.25) is 0 Å². The Hall–Kier alpha value is -3.82. The number of carbonyl (C=O) groups is 1. The minimum atomic E-state index is -5.11. The summed E-state index contributed by atoms with van der Waals surface area (Å²) in [4.78, 5) is 22.7. The number of rotatable bonds is 3. The second kappa shape index (κ2) is 7.78. The first-order valence-corrected chi connectivity index (χ1v) is 8.53. The summed E-state index contributed by atoms with van der Waals surface area (Å²) in [6, 6.07) is 2.29. The Balaban J connectivity index is 1.94. The van der Waals surface area contributed by atoms with Crippen LogP contribution in [-0.2, 0) is 10.3 Å². The second-order valence-corrected chi connectivity index (χ2v) is 6.59. The number of aromatic nitrogens is 2. The Morgan fingerprint density at radius 1 is 1.32 bits per heavy atom. The van der Waals surface area contributed by atoms with Crippen LogP contribution in [0.25, 0.3) is 0 Å². The lowest BCUT2D eigenvalue weighted by molar-refractivity contribution is -0.188. The van der Waals surface area contributed by atoms with Crippen molar-refractivity contribution in [2.45, 2.75) is 30.9 Å². The molecule has 0 saturated heterocycles. The minimum Gasteiger partial charge on any atom is -0.449 e. The molecule has 3 rings (SSSR count).